The van der Waals surface area contributed by atoms with Crippen LogP contribution in [0.2, 0.25) is 0 Å². The normalized spacial score (nSPS) is 12.7. The van der Waals surface area contributed by atoms with Crippen LogP contribution in [0.3, 0.4) is 0 Å². The van der Waals surface area contributed by atoms with Crippen molar-refractivity contribution in [1.82, 2.24) is 4.98 Å². The first-order chi connectivity index (χ1) is 14.3. The monoisotopic (exact) mass is 398 g/mol. The van der Waals surface area contributed by atoms with E-state index in [1.165, 1.54) is 11.3 Å². The number of aromatic nitrogens is 1. The van der Waals surface area contributed by atoms with Gasteiger partial charge in [0.2, 0.25) is 6.79 Å². The zero-order chi connectivity index (χ0) is 19.6. The number of hydrogen-bond donors (Lipinski definition) is 1. The van der Waals surface area contributed by atoms with Crippen LogP contribution in [0, 0.1) is 11.3 Å². The fourth-order valence-corrected chi connectivity index (χ4v) is 3.90. The average Bonchev–Trinajstić information content (AvgIpc) is 3.43. The molecule has 140 valence electrons. The van der Waals surface area contributed by atoms with Crippen LogP contribution in [-0.4, -0.2) is 17.5 Å². The Labute approximate surface area is 170 Å². The van der Waals surface area contributed by atoms with Crippen LogP contribution in [0.5, 0.6) is 11.5 Å². The Kier molecular flexibility index (Phi) is 4.31. The minimum absolute atomic E-state index is 0.228. The molecule has 0 radical (unpaired) electrons. The SMILES string of the molecule is N#C/C(=N/Nc1cccc2ccccc12)c1nc(-c2ccc3c(c2)OCO3)cs1. The van der Waals surface area contributed by atoms with Crippen LogP contribution in [0.4, 0.5) is 5.69 Å². The van der Waals surface area contributed by atoms with Gasteiger partial charge in [0.1, 0.15) is 6.07 Å². The van der Waals surface area contributed by atoms with Gasteiger partial charge in [0.15, 0.2) is 22.2 Å². The number of anilines is 1. The second-order valence-electron chi connectivity index (χ2n) is 6.32. The van der Waals surface area contributed by atoms with E-state index in [9.17, 15) is 5.26 Å². The molecule has 0 unspecified atom stereocenters. The summed E-state index contributed by atoms with van der Waals surface area (Å²) in [7, 11) is 0. The van der Waals surface area contributed by atoms with Gasteiger partial charge in [-0.2, -0.15) is 10.4 Å². The van der Waals surface area contributed by atoms with Gasteiger partial charge in [-0.1, -0.05) is 36.4 Å². The molecule has 0 amide bonds. The summed E-state index contributed by atoms with van der Waals surface area (Å²) in [5, 5.41) is 18.5. The summed E-state index contributed by atoms with van der Waals surface area (Å²) in [6.07, 6.45) is 0. The number of rotatable bonds is 4. The Hall–Kier alpha value is -3.89. The Balaban J connectivity index is 1.43. The Morgan fingerprint density at radius 1 is 1.07 bits per heavy atom. The molecular weight excluding hydrogens is 384 g/mol. The van der Waals surface area contributed by atoms with E-state index >= 15 is 0 Å². The molecule has 1 aromatic heterocycles. The van der Waals surface area contributed by atoms with Gasteiger partial charge in [-0.05, 0) is 29.7 Å². The molecule has 1 aliphatic heterocycles. The predicted octanol–water partition coefficient (Wildman–Crippen LogP) is 5.03. The third-order valence-corrected chi connectivity index (χ3v) is 5.41. The van der Waals surface area contributed by atoms with Crippen molar-refractivity contribution in [3.05, 3.63) is 71.1 Å². The largest absolute Gasteiger partial charge is 0.454 e. The van der Waals surface area contributed by atoms with Gasteiger partial charge in [0.25, 0.3) is 0 Å². The highest BCUT2D eigenvalue weighted by atomic mass is 32.1. The summed E-state index contributed by atoms with van der Waals surface area (Å²) in [6.45, 7) is 0.228. The molecule has 7 heteroatoms. The molecule has 3 aromatic carbocycles. The van der Waals surface area contributed by atoms with E-state index in [-0.39, 0.29) is 12.5 Å². The van der Waals surface area contributed by atoms with Crippen LogP contribution in [0.15, 0.2) is 71.1 Å². The fraction of sp³-hybridized carbons (Fsp3) is 0.0455. The smallest absolute Gasteiger partial charge is 0.231 e. The minimum Gasteiger partial charge on any atom is -0.454 e. The van der Waals surface area contributed by atoms with Crippen molar-refractivity contribution in [2.75, 3.05) is 12.2 Å². The van der Waals surface area contributed by atoms with Crippen LogP contribution in [0.1, 0.15) is 5.01 Å². The Bertz CT molecular complexity index is 1280. The lowest BCUT2D eigenvalue weighted by Crippen LogP contribution is -2.01. The molecule has 0 spiro atoms. The van der Waals surface area contributed by atoms with Crippen LogP contribution in [0.25, 0.3) is 22.0 Å². The molecule has 1 aliphatic rings. The number of nitrogens with zero attached hydrogens (tertiary/aromatic N) is 3. The molecule has 0 saturated carbocycles. The first-order valence-corrected chi connectivity index (χ1v) is 9.77. The second kappa shape index (κ2) is 7.26. The standard InChI is InChI=1S/C22H14N4O2S/c23-11-18(26-25-17-7-3-5-14-4-1-2-6-16(14)17)22-24-19(12-29-22)15-8-9-20-21(10-15)28-13-27-20/h1-10,12,25H,13H2/b26-18-. The van der Waals surface area contributed by atoms with E-state index < -0.39 is 0 Å². The number of hydrazone groups is 1. The summed E-state index contributed by atoms with van der Waals surface area (Å²) >= 11 is 1.37. The fourth-order valence-electron chi connectivity index (χ4n) is 3.13. The van der Waals surface area contributed by atoms with Crippen LogP contribution in [-0.2, 0) is 0 Å². The van der Waals surface area contributed by atoms with Crippen molar-refractivity contribution in [1.29, 1.82) is 5.26 Å². The van der Waals surface area contributed by atoms with Gasteiger partial charge in [-0.15, -0.1) is 11.3 Å². The molecule has 6 nitrogen and oxygen atoms in total. The molecule has 0 fully saturated rings. The Morgan fingerprint density at radius 3 is 2.86 bits per heavy atom. The molecule has 5 rings (SSSR count). The maximum Gasteiger partial charge on any atom is 0.231 e. The number of benzene rings is 3. The van der Waals surface area contributed by atoms with Gasteiger partial charge in [-0.3, -0.25) is 5.43 Å². The van der Waals surface area contributed by atoms with Crippen molar-refractivity contribution in [3.63, 3.8) is 0 Å². The summed E-state index contributed by atoms with van der Waals surface area (Å²) < 4.78 is 10.8. The first kappa shape index (κ1) is 17.2. The highest BCUT2D eigenvalue weighted by Crippen LogP contribution is 2.36. The first-order valence-electron chi connectivity index (χ1n) is 8.89. The molecule has 0 atom stereocenters. The number of ether oxygens (including phenoxy) is 2. The van der Waals surface area contributed by atoms with E-state index in [1.807, 2.05) is 66.0 Å². The van der Waals surface area contributed by atoms with Crippen molar-refractivity contribution in [2.45, 2.75) is 0 Å². The number of nitrogens with one attached hydrogen (secondary N) is 1. The van der Waals surface area contributed by atoms with Crippen molar-refractivity contribution in [3.8, 4) is 28.8 Å². The molecule has 4 aromatic rings. The zero-order valence-corrected chi connectivity index (χ0v) is 15.9. The lowest BCUT2D eigenvalue weighted by molar-refractivity contribution is 0.174. The zero-order valence-electron chi connectivity index (χ0n) is 15.1. The molecule has 0 saturated heterocycles. The summed E-state index contributed by atoms with van der Waals surface area (Å²) in [4.78, 5) is 4.58. The summed E-state index contributed by atoms with van der Waals surface area (Å²) in [5.41, 5.74) is 5.74. The maximum atomic E-state index is 9.59. The third-order valence-electron chi connectivity index (χ3n) is 4.56. The van der Waals surface area contributed by atoms with E-state index in [1.54, 1.807) is 0 Å². The average molecular weight is 398 g/mol. The number of nitriles is 1. The second-order valence-corrected chi connectivity index (χ2v) is 7.17. The minimum atomic E-state index is 0.228. The quantitative estimate of drug-likeness (QED) is 0.385. The van der Waals surface area contributed by atoms with Gasteiger partial charge in [-0.25, -0.2) is 4.98 Å². The molecule has 0 aliphatic carbocycles. The van der Waals surface area contributed by atoms with E-state index in [0.29, 0.717) is 10.8 Å². The summed E-state index contributed by atoms with van der Waals surface area (Å²) in [6, 6.07) is 21.7. The molecule has 29 heavy (non-hydrogen) atoms. The predicted molar refractivity (Wildman–Crippen MR) is 113 cm³/mol. The number of thiazole rings is 1. The lowest BCUT2D eigenvalue weighted by atomic mass is 10.1. The highest BCUT2D eigenvalue weighted by molar-refractivity contribution is 7.12. The molecular formula is C22H14N4O2S. The Morgan fingerprint density at radius 2 is 1.93 bits per heavy atom. The van der Waals surface area contributed by atoms with Crippen molar-refractivity contribution < 1.29 is 9.47 Å². The number of fused-ring (bicyclic) bond motifs is 2. The molecule has 2 heterocycles. The lowest BCUT2D eigenvalue weighted by Gasteiger charge is -2.05. The molecule has 1 N–H and O–H groups in total. The van der Waals surface area contributed by atoms with E-state index in [2.05, 4.69) is 21.6 Å². The van der Waals surface area contributed by atoms with Gasteiger partial charge < -0.3 is 9.47 Å². The van der Waals surface area contributed by atoms with Crippen LogP contribution >= 0.6 is 11.3 Å². The maximum absolute atomic E-state index is 9.59. The van der Waals surface area contributed by atoms with Crippen molar-refractivity contribution in [2.24, 2.45) is 5.10 Å². The van der Waals surface area contributed by atoms with E-state index in [0.717, 1.165) is 33.5 Å². The highest BCUT2D eigenvalue weighted by Gasteiger charge is 2.16. The molecule has 0 bridgehead atoms. The van der Waals surface area contributed by atoms with Crippen molar-refractivity contribution >= 4 is 33.5 Å². The van der Waals surface area contributed by atoms with Crippen LogP contribution < -0.4 is 14.9 Å². The van der Waals surface area contributed by atoms with Gasteiger partial charge >= 0.3 is 0 Å². The topological polar surface area (TPSA) is 79.5 Å². The summed E-state index contributed by atoms with van der Waals surface area (Å²) in [5.74, 6) is 1.42. The third kappa shape index (κ3) is 3.26. The van der Waals surface area contributed by atoms with Gasteiger partial charge in [0, 0.05) is 16.3 Å². The van der Waals surface area contributed by atoms with Gasteiger partial charge in [0.05, 0.1) is 11.4 Å². The van der Waals surface area contributed by atoms with E-state index in [4.69, 9.17) is 9.47 Å². The number of hydrogen-bond acceptors (Lipinski definition) is 7.